The number of rotatable bonds is 3. The molecule has 0 N–H and O–H groups in total. The van der Waals surface area contributed by atoms with E-state index in [2.05, 4.69) is 71.9 Å². The van der Waals surface area contributed by atoms with Crippen LogP contribution in [-0.4, -0.2) is 14.1 Å². The lowest BCUT2D eigenvalue weighted by Crippen LogP contribution is -2.08. The van der Waals surface area contributed by atoms with E-state index in [1.165, 1.54) is 12.1 Å². The lowest BCUT2D eigenvalue weighted by molar-refractivity contribution is -0.137. The van der Waals surface area contributed by atoms with Crippen LogP contribution in [0.5, 0.6) is 0 Å². The van der Waals surface area contributed by atoms with Gasteiger partial charge >= 0.3 is 6.18 Å². The highest BCUT2D eigenvalue weighted by Gasteiger charge is 2.32. The Bertz CT molecular complexity index is 2390. The Morgan fingerprint density at radius 2 is 0.891 bits per heavy atom. The van der Waals surface area contributed by atoms with Crippen molar-refractivity contribution in [3.63, 3.8) is 0 Å². The van der Waals surface area contributed by atoms with Gasteiger partial charge in [0.25, 0.3) is 0 Å². The highest BCUT2D eigenvalue weighted by atomic mass is 19.4. The molecule has 0 spiro atoms. The summed E-state index contributed by atoms with van der Waals surface area (Å²) in [5.74, 6) is 0. The van der Waals surface area contributed by atoms with Gasteiger partial charge in [-0.2, -0.15) is 13.2 Å². The highest BCUT2D eigenvalue weighted by molar-refractivity contribution is 6.12. The Labute approximate surface area is 264 Å². The average molecular weight is 610 g/mol. The highest BCUT2D eigenvalue weighted by Crippen LogP contribution is 2.43. The third-order valence-electron chi connectivity index (χ3n) is 9.05. The van der Waals surface area contributed by atoms with Crippen LogP contribution < -0.4 is 0 Å². The van der Waals surface area contributed by atoms with Crippen LogP contribution in [0, 0.1) is 27.7 Å². The minimum absolute atomic E-state index is 0.461. The first kappa shape index (κ1) is 28.1. The molecular formula is C40H30F3N3. The molecule has 0 bridgehead atoms. The average Bonchev–Trinajstić information content (AvgIpc) is 3.51. The Kier molecular flexibility index (Phi) is 6.16. The van der Waals surface area contributed by atoms with Gasteiger partial charge in [0.15, 0.2) is 0 Å². The maximum Gasteiger partial charge on any atom is 0.416 e. The predicted octanol–water partition coefficient (Wildman–Crippen LogP) is 11.2. The number of benzene rings is 5. The smallest absolute Gasteiger partial charge is 0.309 e. The first-order valence-electron chi connectivity index (χ1n) is 15.3. The number of aromatic nitrogens is 3. The molecule has 0 aliphatic rings. The second-order valence-corrected chi connectivity index (χ2v) is 12.4. The Morgan fingerprint density at radius 1 is 0.478 bits per heavy atom. The van der Waals surface area contributed by atoms with Gasteiger partial charge in [0, 0.05) is 38.9 Å². The van der Waals surface area contributed by atoms with Crippen LogP contribution in [0.3, 0.4) is 0 Å². The summed E-state index contributed by atoms with van der Waals surface area (Å²) in [6.07, 6.45) is -0.988. The molecule has 0 amide bonds. The molecule has 226 valence electrons. The van der Waals surface area contributed by atoms with Crippen LogP contribution in [0.2, 0.25) is 0 Å². The summed E-state index contributed by atoms with van der Waals surface area (Å²) in [5, 5.41) is 4.25. The van der Waals surface area contributed by atoms with Crippen molar-refractivity contribution in [2.45, 2.75) is 33.9 Å². The van der Waals surface area contributed by atoms with Crippen LogP contribution in [0.15, 0.2) is 109 Å². The number of hydrogen-bond donors (Lipinski definition) is 0. The van der Waals surface area contributed by atoms with Gasteiger partial charge in [0.05, 0.1) is 45.2 Å². The minimum Gasteiger partial charge on any atom is -0.309 e. The van der Waals surface area contributed by atoms with Crippen LogP contribution >= 0.6 is 0 Å². The lowest BCUT2D eigenvalue weighted by atomic mass is 9.99. The predicted molar refractivity (Wildman–Crippen MR) is 182 cm³/mol. The molecule has 0 atom stereocenters. The Hall–Kier alpha value is -5.36. The monoisotopic (exact) mass is 609 g/mol. The number of halogens is 3. The number of alkyl halides is 3. The molecule has 0 aliphatic carbocycles. The van der Waals surface area contributed by atoms with E-state index >= 15 is 0 Å². The van der Waals surface area contributed by atoms with Gasteiger partial charge in [-0.25, -0.2) is 0 Å². The summed E-state index contributed by atoms with van der Waals surface area (Å²) in [6, 6.07) is 31.0. The van der Waals surface area contributed by atoms with Gasteiger partial charge in [-0.1, -0.05) is 52.6 Å². The van der Waals surface area contributed by atoms with Crippen molar-refractivity contribution in [2.75, 3.05) is 0 Å². The Balaban J connectivity index is 1.49. The molecule has 0 fully saturated rings. The number of hydrogen-bond acceptors (Lipinski definition) is 1. The van der Waals surface area contributed by atoms with E-state index in [-0.39, 0.29) is 0 Å². The van der Waals surface area contributed by atoms with Gasteiger partial charge in [0.1, 0.15) is 0 Å². The van der Waals surface area contributed by atoms with Crippen LogP contribution in [0.1, 0.15) is 27.8 Å². The fraction of sp³-hybridized carbons (Fsp3) is 0.125. The molecule has 3 nitrogen and oxygen atoms in total. The first-order chi connectivity index (χ1) is 22.1. The van der Waals surface area contributed by atoms with E-state index in [1.54, 1.807) is 12.3 Å². The van der Waals surface area contributed by atoms with E-state index in [1.807, 2.05) is 54.9 Å². The standard InChI is InChI=1S/C40H30F3N3/c1-23-5-11-34-30(17-23)31-18-24(2)6-12-35(31)45(34)38-21-27(40(41,42)43)9-10-28(38)29-15-16-44-22-39(29)46-36-13-7-25(3)19-32(36)33-20-26(4)8-14-37(33)46/h5-22H,1-4H3. The molecular weight excluding hydrogens is 579 g/mol. The van der Waals surface area contributed by atoms with Crippen molar-refractivity contribution in [3.05, 3.63) is 137 Å². The number of aryl methyl sites for hydroxylation is 4. The molecule has 0 aliphatic heterocycles. The maximum absolute atomic E-state index is 14.4. The summed E-state index contributed by atoms with van der Waals surface area (Å²) in [5.41, 5.74) is 10.2. The van der Waals surface area contributed by atoms with Crippen LogP contribution in [-0.2, 0) is 6.18 Å². The van der Waals surface area contributed by atoms with E-state index in [0.29, 0.717) is 11.3 Å². The summed E-state index contributed by atoms with van der Waals surface area (Å²) in [6.45, 7) is 8.23. The van der Waals surface area contributed by atoms with E-state index in [4.69, 9.17) is 0 Å². The molecule has 0 saturated carbocycles. The molecule has 8 aromatic rings. The normalized spacial score (nSPS) is 12.2. The zero-order valence-corrected chi connectivity index (χ0v) is 25.9. The molecule has 0 radical (unpaired) electrons. The Morgan fingerprint density at radius 3 is 1.33 bits per heavy atom. The van der Waals surface area contributed by atoms with Gasteiger partial charge in [-0.3, -0.25) is 4.98 Å². The van der Waals surface area contributed by atoms with Crippen LogP contribution in [0.25, 0.3) is 66.1 Å². The van der Waals surface area contributed by atoms with Crippen molar-refractivity contribution in [3.8, 4) is 22.5 Å². The van der Waals surface area contributed by atoms with Crippen LogP contribution in [0.4, 0.5) is 13.2 Å². The second kappa shape index (κ2) is 10.1. The summed E-state index contributed by atoms with van der Waals surface area (Å²) < 4.78 is 47.3. The molecule has 5 aromatic carbocycles. The van der Waals surface area contributed by atoms with E-state index in [9.17, 15) is 13.2 Å². The van der Waals surface area contributed by atoms with Crippen molar-refractivity contribution in [1.29, 1.82) is 0 Å². The summed E-state index contributed by atoms with van der Waals surface area (Å²) >= 11 is 0. The van der Waals surface area contributed by atoms with Crippen molar-refractivity contribution < 1.29 is 13.2 Å². The molecule has 6 heteroatoms. The fourth-order valence-corrected chi connectivity index (χ4v) is 6.93. The van der Waals surface area contributed by atoms with Gasteiger partial charge in [-0.15, -0.1) is 0 Å². The second-order valence-electron chi connectivity index (χ2n) is 12.4. The quantitative estimate of drug-likeness (QED) is 0.195. The molecule has 3 heterocycles. The van der Waals surface area contributed by atoms with Gasteiger partial charge in [0.2, 0.25) is 0 Å². The minimum atomic E-state index is -4.51. The van der Waals surface area contributed by atoms with E-state index < -0.39 is 11.7 Å². The third kappa shape index (κ3) is 4.31. The summed E-state index contributed by atoms with van der Waals surface area (Å²) in [7, 11) is 0. The SMILES string of the molecule is Cc1ccc2c(c1)c1cc(C)ccc1n2-c1cnccc1-c1ccc(C(F)(F)F)cc1-n1c2ccc(C)cc2c2cc(C)ccc21. The maximum atomic E-state index is 14.4. The molecule has 46 heavy (non-hydrogen) atoms. The topological polar surface area (TPSA) is 22.8 Å². The fourth-order valence-electron chi connectivity index (χ4n) is 6.93. The van der Waals surface area contributed by atoms with Crippen molar-refractivity contribution in [1.82, 2.24) is 14.1 Å². The first-order valence-corrected chi connectivity index (χ1v) is 15.3. The number of nitrogens with zero attached hydrogens (tertiary/aromatic N) is 3. The van der Waals surface area contributed by atoms with Crippen molar-refractivity contribution in [2.24, 2.45) is 0 Å². The van der Waals surface area contributed by atoms with Gasteiger partial charge in [-0.05, 0) is 94.4 Å². The number of pyridine rings is 1. The molecule has 0 saturated heterocycles. The third-order valence-corrected chi connectivity index (χ3v) is 9.05. The van der Waals surface area contributed by atoms with Gasteiger partial charge < -0.3 is 9.13 Å². The zero-order valence-electron chi connectivity index (χ0n) is 25.9. The molecule has 8 rings (SSSR count). The van der Waals surface area contributed by atoms with Crippen molar-refractivity contribution >= 4 is 43.6 Å². The zero-order chi connectivity index (χ0) is 31.9. The lowest BCUT2D eigenvalue weighted by Gasteiger charge is -2.20. The molecule has 0 unspecified atom stereocenters. The summed E-state index contributed by atoms with van der Waals surface area (Å²) in [4.78, 5) is 4.54. The number of fused-ring (bicyclic) bond motifs is 6. The molecule has 3 aromatic heterocycles. The van der Waals surface area contributed by atoms with E-state index in [0.717, 1.165) is 77.1 Å². The largest absolute Gasteiger partial charge is 0.416 e.